The molecule has 0 bridgehead atoms. The summed E-state index contributed by atoms with van der Waals surface area (Å²) in [7, 11) is 0. The Balaban J connectivity index is 1.86. The van der Waals surface area contributed by atoms with Crippen molar-refractivity contribution in [1.29, 1.82) is 0 Å². The van der Waals surface area contributed by atoms with Crippen LogP contribution in [0.2, 0.25) is 0 Å². The zero-order valence-electron chi connectivity index (χ0n) is 19.0. The van der Waals surface area contributed by atoms with Crippen LogP contribution in [-0.4, -0.2) is 40.4 Å². The van der Waals surface area contributed by atoms with Gasteiger partial charge < -0.3 is 24.1 Å². The number of alkyl halides is 3. The molecule has 2 aromatic heterocycles. The number of nitrogens with zero attached hydrogens (tertiary/aromatic N) is 4. The molecule has 2 heterocycles. The van der Waals surface area contributed by atoms with Gasteiger partial charge in [0, 0.05) is 13.1 Å². The van der Waals surface area contributed by atoms with E-state index in [9.17, 15) is 28.1 Å². The van der Waals surface area contributed by atoms with Gasteiger partial charge in [0.2, 0.25) is 11.6 Å². The lowest BCUT2D eigenvalue weighted by Gasteiger charge is -2.22. The highest BCUT2D eigenvalue weighted by Gasteiger charge is 2.31. The number of benzene rings is 1. The molecule has 192 valence electrons. The summed E-state index contributed by atoms with van der Waals surface area (Å²) in [5.74, 6) is -0.677. The standard InChI is InChI=1S/C22H22F3N5O6/c1-2-34-18(31)8-9-29(13-17-7-4-10-35-17)21-19(30(32)33)20(27-14-28-21)26-12-15-5-3-6-16(11-15)36-22(23,24)25/h3-7,10-11,14H,2,8-9,12-13H2,1H3,(H,26,27,28). The van der Waals surface area contributed by atoms with Crippen molar-refractivity contribution in [3.63, 3.8) is 0 Å². The molecule has 11 nitrogen and oxygen atoms in total. The van der Waals surface area contributed by atoms with Gasteiger partial charge in [-0.1, -0.05) is 12.1 Å². The normalized spacial score (nSPS) is 11.1. The van der Waals surface area contributed by atoms with Gasteiger partial charge in [-0.3, -0.25) is 14.9 Å². The maximum atomic E-state index is 12.5. The van der Waals surface area contributed by atoms with E-state index in [1.165, 1.54) is 23.3 Å². The van der Waals surface area contributed by atoms with Gasteiger partial charge in [0.15, 0.2) is 0 Å². The SMILES string of the molecule is CCOC(=O)CCN(Cc1ccco1)c1ncnc(NCc2cccc(OC(F)(F)F)c2)c1[N+](=O)[O-]. The molecule has 0 aliphatic carbocycles. The predicted octanol–water partition coefficient (Wildman–Crippen LogP) is 4.45. The summed E-state index contributed by atoms with van der Waals surface area (Å²) in [6.07, 6.45) is -2.37. The van der Waals surface area contributed by atoms with Crippen molar-refractivity contribution in [3.8, 4) is 5.75 Å². The first-order chi connectivity index (χ1) is 17.2. The third kappa shape index (κ3) is 7.58. The molecule has 0 saturated heterocycles. The third-order valence-corrected chi connectivity index (χ3v) is 4.70. The summed E-state index contributed by atoms with van der Waals surface area (Å²) in [4.78, 5) is 32.7. The third-order valence-electron chi connectivity index (χ3n) is 4.70. The zero-order chi connectivity index (χ0) is 26.1. The molecule has 0 spiro atoms. The van der Waals surface area contributed by atoms with E-state index in [1.807, 2.05) is 0 Å². The fourth-order valence-corrected chi connectivity index (χ4v) is 3.25. The van der Waals surface area contributed by atoms with E-state index < -0.39 is 28.7 Å². The lowest BCUT2D eigenvalue weighted by Crippen LogP contribution is -2.28. The number of carbonyl (C=O) groups excluding carboxylic acids is 1. The maximum Gasteiger partial charge on any atom is 0.573 e. The fourth-order valence-electron chi connectivity index (χ4n) is 3.25. The number of nitrogens with one attached hydrogen (secondary N) is 1. The first-order valence-corrected chi connectivity index (χ1v) is 10.7. The van der Waals surface area contributed by atoms with E-state index in [0.29, 0.717) is 11.3 Å². The number of carbonyl (C=O) groups is 1. The van der Waals surface area contributed by atoms with Gasteiger partial charge in [-0.15, -0.1) is 13.2 Å². The Hall–Kier alpha value is -4.36. The Morgan fingerprint density at radius 3 is 2.72 bits per heavy atom. The van der Waals surface area contributed by atoms with Crippen LogP contribution in [0.4, 0.5) is 30.5 Å². The molecule has 0 atom stereocenters. The van der Waals surface area contributed by atoms with Crippen molar-refractivity contribution < 1.29 is 36.8 Å². The number of aromatic nitrogens is 2. The Morgan fingerprint density at radius 1 is 1.25 bits per heavy atom. The minimum atomic E-state index is -4.85. The first kappa shape index (κ1) is 26.2. The zero-order valence-corrected chi connectivity index (χ0v) is 19.0. The molecule has 0 fully saturated rings. The molecule has 3 aromatic rings. The number of anilines is 2. The first-order valence-electron chi connectivity index (χ1n) is 10.7. The van der Waals surface area contributed by atoms with E-state index in [4.69, 9.17) is 9.15 Å². The molecule has 0 unspecified atom stereocenters. The van der Waals surface area contributed by atoms with Gasteiger partial charge in [-0.2, -0.15) is 0 Å². The van der Waals surface area contributed by atoms with Crippen LogP contribution < -0.4 is 15.0 Å². The van der Waals surface area contributed by atoms with E-state index in [0.717, 1.165) is 18.5 Å². The Morgan fingerprint density at radius 2 is 2.06 bits per heavy atom. The van der Waals surface area contributed by atoms with Crippen molar-refractivity contribution in [2.24, 2.45) is 0 Å². The van der Waals surface area contributed by atoms with E-state index in [2.05, 4.69) is 20.0 Å². The summed E-state index contributed by atoms with van der Waals surface area (Å²) in [5.41, 5.74) is -0.114. The smallest absolute Gasteiger partial charge is 0.467 e. The second kappa shape index (κ2) is 11.9. The largest absolute Gasteiger partial charge is 0.573 e. The van der Waals surface area contributed by atoms with Gasteiger partial charge >= 0.3 is 18.0 Å². The Labute approximate surface area is 203 Å². The Kier molecular flexibility index (Phi) is 8.65. The molecule has 0 aliphatic heterocycles. The molecule has 36 heavy (non-hydrogen) atoms. The van der Waals surface area contributed by atoms with Crippen molar-refractivity contribution >= 4 is 23.3 Å². The summed E-state index contributed by atoms with van der Waals surface area (Å²) in [6, 6.07) is 8.48. The molecular formula is C22H22F3N5O6. The van der Waals surface area contributed by atoms with Crippen molar-refractivity contribution in [3.05, 3.63) is 70.4 Å². The second-order valence-electron chi connectivity index (χ2n) is 7.26. The molecule has 0 aliphatic rings. The van der Waals surface area contributed by atoms with Gasteiger partial charge in [-0.05, 0) is 36.8 Å². The number of hydrogen-bond acceptors (Lipinski definition) is 10. The second-order valence-corrected chi connectivity index (χ2v) is 7.26. The van der Waals surface area contributed by atoms with Gasteiger partial charge in [0.1, 0.15) is 17.8 Å². The summed E-state index contributed by atoms with van der Waals surface area (Å²) in [5, 5.41) is 14.8. The van der Waals surface area contributed by atoms with Crippen LogP contribution in [0.5, 0.6) is 5.75 Å². The summed E-state index contributed by atoms with van der Waals surface area (Å²) >= 11 is 0. The number of rotatable bonds is 12. The van der Waals surface area contributed by atoms with E-state index in [1.54, 1.807) is 19.1 Å². The number of nitro groups is 1. The van der Waals surface area contributed by atoms with Gasteiger partial charge in [0.05, 0.1) is 30.8 Å². The number of ether oxygens (including phenoxy) is 2. The number of hydrogen-bond donors (Lipinski definition) is 1. The predicted molar refractivity (Wildman–Crippen MR) is 120 cm³/mol. The minimum Gasteiger partial charge on any atom is -0.467 e. The maximum absolute atomic E-state index is 12.5. The van der Waals surface area contributed by atoms with Crippen molar-refractivity contribution in [1.82, 2.24) is 9.97 Å². The highest BCUT2D eigenvalue weighted by Crippen LogP contribution is 2.33. The van der Waals surface area contributed by atoms with E-state index in [-0.39, 0.29) is 44.3 Å². The average molecular weight is 509 g/mol. The summed E-state index contributed by atoms with van der Waals surface area (Å²) < 4.78 is 51.7. The molecule has 1 N–H and O–H groups in total. The van der Waals surface area contributed by atoms with Crippen molar-refractivity contribution in [2.45, 2.75) is 32.8 Å². The molecule has 14 heteroatoms. The highest BCUT2D eigenvalue weighted by molar-refractivity contribution is 5.73. The van der Waals surface area contributed by atoms with Crippen LogP contribution in [0.25, 0.3) is 0 Å². The van der Waals surface area contributed by atoms with Crippen molar-refractivity contribution in [2.75, 3.05) is 23.4 Å². The van der Waals surface area contributed by atoms with Gasteiger partial charge in [0.25, 0.3) is 0 Å². The van der Waals surface area contributed by atoms with Crippen LogP contribution in [-0.2, 0) is 22.6 Å². The lowest BCUT2D eigenvalue weighted by atomic mass is 10.2. The molecule has 0 radical (unpaired) electrons. The van der Waals surface area contributed by atoms with Crippen LogP contribution in [0.15, 0.2) is 53.4 Å². The molecule has 0 saturated carbocycles. The minimum absolute atomic E-state index is 0.0354. The van der Waals surface area contributed by atoms with Crippen LogP contribution in [0.1, 0.15) is 24.7 Å². The Bertz CT molecular complexity index is 1170. The molecule has 3 rings (SSSR count). The van der Waals surface area contributed by atoms with Gasteiger partial charge in [-0.25, -0.2) is 9.97 Å². The number of furan rings is 1. The quantitative estimate of drug-likeness (QED) is 0.212. The lowest BCUT2D eigenvalue weighted by molar-refractivity contribution is -0.383. The highest BCUT2D eigenvalue weighted by atomic mass is 19.4. The van der Waals surface area contributed by atoms with E-state index >= 15 is 0 Å². The number of halogens is 3. The van der Waals surface area contributed by atoms with Crippen LogP contribution >= 0.6 is 0 Å². The summed E-state index contributed by atoms with van der Waals surface area (Å²) in [6.45, 7) is 1.87. The van der Waals surface area contributed by atoms with Crippen LogP contribution in [0, 0.1) is 10.1 Å². The molecule has 1 aromatic carbocycles. The monoisotopic (exact) mass is 509 g/mol. The molecule has 0 amide bonds. The number of esters is 1. The molecular weight excluding hydrogens is 487 g/mol. The van der Waals surface area contributed by atoms with Crippen LogP contribution in [0.3, 0.4) is 0 Å². The average Bonchev–Trinajstić information content (AvgIpc) is 3.32. The fraction of sp³-hybridized carbons (Fsp3) is 0.318. The topological polar surface area (TPSA) is 133 Å².